The van der Waals surface area contributed by atoms with Crippen LogP contribution >= 0.6 is 0 Å². The fraction of sp³-hybridized carbons (Fsp3) is 0.783. The van der Waals surface area contributed by atoms with Crippen LogP contribution in [0.4, 0.5) is 0 Å². The first-order valence-electron chi connectivity index (χ1n) is 12.5. The lowest BCUT2D eigenvalue weighted by Gasteiger charge is -2.22. The molecule has 0 unspecified atom stereocenters. The molecule has 21 nitrogen and oxygen atoms in total. The minimum atomic E-state index is -1.86. The van der Waals surface area contributed by atoms with Crippen LogP contribution in [0.2, 0.25) is 0 Å². The maximum atomic E-state index is 10.5. The highest BCUT2D eigenvalue weighted by Crippen LogP contribution is 2.03. The number of carbonyl (C=O) groups is 5. The highest BCUT2D eigenvalue weighted by Gasteiger charge is 2.30. The predicted molar refractivity (Wildman–Crippen MR) is 139 cm³/mol. The molecule has 0 aromatic carbocycles. The molecule has 0 aliphatic rings. The van der Waals surface area contributed by atoms with Crippen molar-refractivity contribution in [3.8, 4) is 0 Å². The zero-order valence-corrected chi connectivity index (χ0v) is 23.3. The van der Waals surface area contributed by atoms with Crippen LogP contribution in [0.3, 0.4) is 0 Å². The lowest BCUT2D eigenvalue weighted by Crippen LogP contribution is -2.46. The molecule has 0 radical (unpaired) electrons. The minimum absolute atomic E-state index is 0.0258. The first-order valence-corrected chi connectivity index (χ1v) is 12.5. The topological polar surface area (TPSA) is 409 Å². The standard InChI is InChI=1S/2C6H12O6.C6H10O4.C5H10O5/c2*7-1-3(9)5(11)6(12)4(10)2-8;7-5(8)3-1-2-4-6(9)10;6-1-3(8)5(10)4(9)2-7/h3,5-9,11-12H,1-2H2;1,3-6,8-12H,2H2;1-4H2,(H,7,8)(H,9,10);1,3-5,7-10H,2H2/t3-,5-,6-;3-,4+,5+,6+;;3-,4-,5+/m10.1/s1. The summed E-state index contributed by atoms with van der Waals surface area (Å²) in [6.45, 7) is -3.14. The molecule has 0 saturated heterocycles. The summed E-state index contributed by atoms with van der Waals surface area (Å²) in [4.78, 5) is 50.0. The monoisotopic (exact) mass is 656 g/mol. The molecule has 0 aromatic rings. The van der Waals surface area contributed by atoms with E-state index in [2.05, 4.69) is 0 Å². The number of aldehydes is 2. The third kappa shape index (κ3) is 24.8. The Labute approximate surface area is 249 Å². The number of carboxylic acids is 2. The zero-order chi connectivity index (χ0) is 35.6. The number of aliphatic hydroxyl groups is 14. The van der Waals surface area contributed by atoms with Gasteiger partial charge in [-0.15, -0.1) is 0 Å². The average molecular weight is 657 g/mol. The van der Waals surface area contributed by atoms with Crippen LogP contribution in [0.15, 0.2) is 0 Å². The number of ketones is 1. The number of unbranched alkanes of at least 4 members (excludes halogenated alkanes) is 1. The molecular weight excluding hydrogens is 612 g/mol. The van der Waals surface area contributed by atoms with Gasteiger partial charge in [-0.05, 0) is 12.8 Å². The Kier molecular flexibility index (Phi) is 32.0. The number of aliphatic hydroxyl groups excluding tert-OH is 14. The van der Waals surface area contributed by atoms with E-state index in [1.54, 1.807) is 0 Å². The molecule has 44 heavy (non-hydrogen) atoms. The normalized spacial score (nSPS) is 17.3. The Morgan fingerprint density at radius 3 is 1.11 bits per heavy atom. The Morgan fingerprint density at radius 2 is 0.818 bits per heavy atom. The van der Waals surface area contributed by atoms with Gasteiger partial charge in [-0.2, -0.15) is 0 Å². The number of Topliss-reactive ketones (excluding diaryl/α,β-unsaturated/α-hetero) is 1. The molecule has 0 fully saturated rings. The molecule has 0 saturated carbocycles. The number of aliphatic carboxylic acids is 2. The SMILES string of the molecule is O=C(CO)[C@@H](O)[C@H](O)[C@H](O)CO.O=C(O)CCCCC(=O)O.O=C[C@@H](O)[C@H](O)[C@H](O)CO.O=C[C@H](O)[C@@H](O)[C@H](O)[C@H](O)CO. The van der Waals surface area contributed by atoms with Crippen LogP contribution in [0.25, 0.3) is 0 Å². The van der Waals surface area contributed by atoms with E-state index in [9.17, 15) is 24.0 Å². The summed E-state index contributed by atoms with van der Waals surface area (Å²) in [5, 5.41) is 137. The third-order valence-corrected chi connectivity index (χ3v) is 4.91. The molecule has 0 rings (SSSR count). The van der Waals surface area contributed by atoms with Gasteiger partial charge in [0.15, 0.2) is 18.4 Å². The molecule has 0 aromatic heterocycles. The van der Waals surface area contributed by atoms with Gasteiger partial charge in [0.25, 0.3) is 0 Å². The van der Waals surface area contributed by atoms with Gasteiger partial charge in [0.1, 0.15) is 67.6 Å². The number of hydrogen-bond acceptors (Lipinski definition) is 19. The van der Waals surface area contributed by atoms with Gasteiger partial charge in [-0.3, -0.25) is 14.4 Å². The van der Waals surface area contributed by atoms with Gasteiger partial charge >= 0.3 is 11.9 Å². The Hall–Kier alpha value is -2.61. The van der Waals surface area contributed by atoms with Crippen molar-refractivity contribution in [2.45, 2.75) is 86.7 Å². The van der Waals surface area contributed by atoms with Crippen molar-refractivity contribution in [3.63, 3.8) is 0 Å². The minimum Gasteiger partial charge on any atom is -0.481 e. The fourth-order valence-corrected chi connectivity index (χ4v) is 2.19. The van der Waals surface area contributed by atoms with E-state index in [-0.39, 0.29) is 25.4 Å². The second kappa shape index (κ2) is 29.1. The van der Waals surface area contributed by atoms with Crippen molar-refractivity contribution in [3.05, 3.63) is 0 Å². The molecule has 0 aliphatic carbocycles. The summed E-state index contributed by atoms with van der Waals surface area (Å²) in [5.41, 5.74) is 0. The molecule has 0 aliphatic heterocycles. The predicted octanol–water partition coefficient (Wildman–Crippen LogP) is -8.78. The number of carbonyl (C=O) groups excluding carboxylic acids is 3. The Bertz CT molecular complexity index is 750. The van der Waals surface area contributed by atoms with Crippen LogP contribution in [0, 0.1) is 0 Å². The summed E-state index contributed by atoms with van der Waals surface area (Å²) in [6.07, 6.45) is -15.7. The van der Waals surface area contributed by atoms with Crippen molar-refractivity contribution in [1.82, 2.24) is 0 Å². The highest BCUT2D eigenvalue weighted by molar-refractivity contribution is 5.84. The lowest BCUT2D eigenvalue weighted by atomic mass is 10.0. The van der Waals surface area contributed by atoms with Gasteiger partial charge in [-0.25, -0.2) is 0 Å². The largest absolute Gasteiger partial charge is 0.481 e. The van der Waals surface area contributed by atoms with Crippen molar-refractivity contribution >= 4 is 30.3 Å². The number of rotatable bonds is 19. The first-order chi connectivity index (χ1) is 20.3. The fourth-order valence-electron chi connectivity index (χ4n) is 2.19. The van der Waals surface area contributed by atoms with E-state index in [0.717, 1.165) is 0 Å². The second-order valence-corrected chi connectivity index (χ2v) is 8.53. The van der Waals surface area contributed by atoms with Crippen molar-refractivity contribution < 1.29 is 106 Å². The van der Waals surface area contributed by atoms with Gasteiger partial charge in [-0.1, -0.05) is 0 Å². The molecule has 0 spiro atoms. The van der Waals surface area contributed by atoms with E-state index in [0.29, 0.717) is 12.8 Å². The van der Waals surface area contributed by atoms with E-state index >= 15 is 0 Å². The summed E-state index contributed by atoms with van der Waals surface area (Å²) in [5.74, 6) is -2.74. The molecule has 0 bridgehead atoms. The molecule has 10 atom stereocenters. The van der Waals surface area contributed by atoms with E-state index in [1.165, 1.54) is 0 Å². The van der Waals surface area contributed by atoms with Crippen molar-refractivity contribution in [2.24, 2.45) is 0 Å². The molecule has 262 valence electrons. The zero-order valence-electron chi connectivity index (χ0n) is 23.3. The van der Waals surface area contributed by atoms with Crippen LogP contribution in [0.1, 0.15) is 25.7 Å². The molecular formula is C23H44O21. The maximum absolute atomic E-state index is 10.5. The average Bonchev–Trinajstić information content (AvgIpc) is 3.02. The first kappa shape index (κ1) is 48.3. The van der Waals surface area contributed by atoms with E-state index in [1.807, 2.05) is 0 Å². The highest BCUT2D eigenvalue weighted by atomic mass is 16.4. The smallest absolute Gasteiger partial charge is 0.303 e. The summed E-state index contributed by atoms with van der Waals surface area (Å²) < 4.78 is 0. The number of carboxylic acid groups (broad SMARTS) is 2. The van der Waals surface area contributed by atoms with E-state index in [4.69, 9.17) is 81.7 Å². The van der Waals surface area contributed by atoms with Crippen LogP contribution in [-0.2, 0) is 24.0 Å². The van der Waals surface area contributed by atoms with Gasteiger partial charge in [0.05, 0.1) is 19.8 Å². The van der Waals surface area contributed by atoms with Crippen LogP contribution in [-0.4, -0.2) is 199 Å². The van der Waals surface area contributed by atoms with Gasteiger partial charge in [0.2, 0.25) is 0 Å². The number of hydrogen-bond donors (Lipinski definition) is 16. The third-order valence-electron chi connectivity index (χ3n) is 4.91. The summed E-state index contributed by atoms with van der Waals surface area (Å²) >= 11 is 0. The van der Waals surface area contributed by atoms with Crippen LogP contribution < -0.4 is 0 Å². The molecule has 16 N–H and O–H groups in total. The van der Waals surface area contributed by atoms with Crippen LogP contribution in [0.5, 0.6) is 0 Å². The quantitative estimate of drug-likeness (QED) is 0.0453. The molecule has 0 amide bonds. The van der Waals surface area contributed by atoms with Gasteiger partial charge in [0, 0.05) is 12.8 Å². The Morgan fingerprint density at radius 1 is 0.500 bits per heavy atom. The molecule has 21 heteroatoms. The van der Waals surface area contributed by atoms with Crippen molar-refractivity contribution in [2.75, 3.05) is 26.4 Å². The van der Waals surface area contributed by atoms with Crippen molar-refractivity contribution in [1.29, 1.82) is 0 Å². The Balaban J connectivity index is -0.000000243. The lowest BCUT2D eigenvalue weighted by molar-refractivity contribution is -0.143. The van der Waals surface area contributed by atoms with E-state index < -0.39 is 105 Å². The van der Waals surface area contributed by atoms with Gasteiger partial charge < -0.3 is 91.3 Å². The summed E-state index contributed by atoms with van der Waals surface area (Å²) in [7, 11) is 0. The molecule has 0 heterocycles. The maximum Gasteiger partial charge on any atom is 0.303 e. The second-order valence-electron chi connectivity index (χ2n) is 8.53. The summed E-state index contributed by atoms with van der Waals surface area (Å²) in [6, 6.07) is 0.